The largest absolute Gasteiger partial charge is 0.381 e. The van der Waals surface area contributed by atoms with E-state index < -0.39 is 5.66 Å². The molecule has 0 bridgehead atoms. The van der Waals surface area contributed by atoms with Crippen molar-refractivity contribution >= 4 is 39.6 Å². The Labute approximate surface area is 322 Å². The number of hydrogen-bond donors (Lipinski definition) is 1. The van der Waals surface area contributed by atoms with Gasteiger partial charge >= 0.3 is 0 Å². The SMILES string of the molecule is COC1CCN(c2nccc(C(N)(c3cc4c(cn3)nc(COCCN(C)C)n4C(C)C)N(C)CCOCc3nc4cnc(Cl)cc4n3C(C)C)n2)CC1. The van der Waals surface area contributed by atoms with Gasteiger partial charge in [-0.15, -0.1) is 0 Å². The number of nitrogens with two attached hydrogens (primary N) is 1. The maximum absolute atomic E-state index is 7.58. The molecule has 0 amide bonds. The monoisotopic (exact) mass is 762 g/mol. The summed E-state index contributed by atoms with van der Waals surface area (Å²) in [5.74, 6) is 2.28. The molecule has 1 saturated heterocycles. The van der Waals surface area contributed by atoms with Gasteiger partial charge in [0.2, 0.25) is 5.95 Å². The van der Waals surface area contributed by atoms with E-state index in [4.69, 9.17) is 51.5 Å². The number of likely N-dealkylation sites (N-methyl/N-ethyl adjacent to an activating group) is 2. The minimum atomic E-state index is -1.25. The average Bonchev–Trinajstić information content (AvgIpc) is 3.72. The zero-order valence-corrected chi connectivity index (χ0v) is 33.6. The van der Waals surface area contributed by atoms with Crippen LogP contribution in [-0.4, -0.2) is 123 Å². The minimum Gasteiger partial charge on any atom is -0.381 e. The maximum atomic E-state index is 7.58. The number of piperidine rings is 1. The number of aromatic nitrogens is 8. The molecule has 1 atom stereocenters. The van der Waals surface area contributed by atoms with E-state index in [0.29, 0.717) is 55.5 Å². The molecule has 54 heavy (non-hydrogen) atoms. The second-order valence-electron chi connectivity index (χ2n) is 14.8. The molecule has 0 aliphatic carbocycles. The molecule has 16 heteroatoms. The van der Waals surface area contributed by atoms with Crippen molar-refractivity contribution in [1.29, 1.82) is 0 Å². The lowest BCUT2D eigenvalue weighted by Crippen LogP contribution is -2.54. The van der Waals surface area contributed by atoms with Crippen molar-refractivity contribution in [3.8, 4) is 0 Å². The number of nitrogens with zero attached hydrogens (tertiary/aromatic N) is 11. The summed E-state index contributed by atoms with van der Waals surface area (Å²) < 4.78 is 22.3. The van der Waals surface area contributed by atoms with Gasteiger partial charge in [0.25, 0.3) is 0 Å². The zero-order chi connectivity index (χ0) is 38.6. The van der Waals surface area contributed by atoms with E-state index >= 15 is 0 Å². The van der Waals surface area contributed by atoms with Crippen LogP contribution in [-0.2, 0) is 33.1 Å². The first-order valence-electron chi connectivity index (χ1n) is 18.7. The molecule has 6 rings (SSSR count). The highest BCUT2D eigenvalue weighted by Crippen LogP contribution is 2.32. The summed E-state index contributed by atoms with van der Waals surface area (Å²) in [6.07, 6.45) is 7.32. The van der Waals surface area contributed by atoms with E-state index in [1.54, 1.807) is 25.7 Å². The Balaban J connectivity index is 1.30. The quantitative estimate of drug-likeness (QED) is 0.0787. The van der Waals surface area contributed by atoms with Crippen molar-refractivity contribution in [3.63, 3.8) is 0 Å². The van der Waals surface area contributed by atoms with Gasteiger partial charge in [0, 0.05) is 57.6 Å². The van der Waals surface area contributed by atoms with Crippen molar-refractivity contribution < 1.29 is 14.2 Å². The summed E-state index contributed by atoms with van der Waals surface area (Å²) in [5.41, 5.74) is 11.0. The molecule has 1 fully saturated rings. The van der Waals surface area contributed by atoms with Crippen LogP contribution in [0.5, 0.6) is 0 Å². The van der Waals surface area contributed by atoms with Gasteiger partial charge in [-0.05, 0) is 73.8 Å². The summed E-state index contributed by atoms with van der Waals surface area (Å²) in [4.78, 5) is 35.0. The second-order valence-corrected chi connectivity index (χ2v) is 15.2. The molecule has 2 N–H and O–H groups in total. The molecule has 6 heterocycles. The fourth-order valence-corrected chi connectivity index (χ4v) is 7.27. The number of ether oxygens (including phenoxy) is 3. The molecule has 292 valence electrons. The molecule has 5 aromatic heterocycles. The van der Waals surface area contributed by atoms with Crippen LogP contribution in [0.3, 0.4) is 0 Å². The van der Waals surface area contributed by atoms with Crippen LogP contribution >= 0.6 is 11.6 Å². The molecule has 1 unspecified atom stereocenters. The van der Waals surface area contributed by atoms with Gasteiger partial charge in [-0.1, -0.05) is 11.6 Å². The first-order chi connectivity index (χ1) is 25.9. The maximum Gasteiger partial charge on any atom is 0.225 e. The number of imidazole rings is 2. The number of methoxy groups -OCH3 is 1. The molecule has 0 aromatic carbocycles. The fraction of sp³-hybridized carbons (Fsp3) is 0.579. The first kappa shape index (κ1) is 39.9. The van der Waals surface area contributed by atoms with Crippen LogP contribution in [0, 0.1) is 0 Å². The van der Waals surface area contributed by atoms with Crippen LogP contribution in [0.4, 0.5) is 5.95 Å². The standard InChI is InChI=1S/C38H55ClN12O3/c1-25(2)50-30-19-33(42-21-28(30)44-35(50)23-53-17-15-47(5)6)38(40,32-9-12-41-37(46-32)49-13-10-27(52-8)11-14-49)48(7)16-18-54-24-36-45-29-22-43-34(39)20-31(29)51(36)26(3)4/h9,12,19-22,25-27H,10-11,13-18,23-24,40H2,1-8H3. The van der Waals surface area contributed by atoms with E-state index in [1.807, 2.05) is 44.2 Å². The highest BCUT2D eigenvalue weighted by atomic mass is 35.5. The Hall–Kier alpha value is -3.83. The lowest BCUT2D eigenvalue weighted by molar-refractivity contribution is 0.0618. The van der Waals surface area contributed by atoms with Crippen molar-refractivity contribution in [2.75, 3.05) is 72.5 Å². The Kier molecular flexibility index (Phi) is 12.8. The molecule has 15 nitrogen and oxygen atoms in total. The number of hydrogen-bond acceptors (Lipinski definition) is 13. The number of halogens is 1. The van der Waals surface area contributed by atoms with Crippen LogP contribution in [0.15, 0.2) is 36.8 Å². The average molecular weight is 763 g/mol. The Morgan fingerprint density at radius 3 is 2.02 bits per heavy atom. The number of pyridine rings is 2. The third kappa shape index (κ3) is 8.52. The van der Waals surface area contributed by atoms with Gasteiger partial charge in [0.15, 0.2) is 5.66 Å². The molecule has 5 aromatic rings. The molecular formula is C38H55ClN12O3. The summed E-state index contributed by atoms with van der Waals surface area (Å²) in [6, 6.07) is 6.04. The van der Waals surface area contributed by atoms with Gasteiger partial charge in [0.05, 0.1) is 54.1 Å². The highest BCUT2D eigenvalue weighted by Gasteiger charge is 2.39. The van der Waals surface area contributed by atoms with Crippen LogP contribution < -0.4 is 10.6 Å². The fourth-order valence-electron chi connectivity index (χ4n) is 7.12. The summed E-state index contributed by atoms with van der Waals surface area (Å²) in [7, 11) is 7.81. The molecule has 1 aliphatic heterocycles. The summed E-state index contributed by atoms with van der Waals surface area (Å²) in [6.45, 7) is 13.1. The predicted octanol–water partition coefficient (Wildman–Crippen LogP) is 4.78. The van der Waals surface area contributed by atoms with E-state index in [9.17, 15) is 0 Å². The molecule has 0 radical (unpaired) electrons. The van der Waals surface area contributed by atoms with E-state index in [-0.39, 0.29) is 18.2 Å². The molecule has 0 saturated carbocycles. The van der Waals surface area contributed by atoms with Gasteiger partial charge in [-0.3, -0.25) is 9.88 Å². The Morgan fingerprint density at radius 2 is 1.43 bits per heavy atom. The van der Waals surface area contributed by atoms with Crippen LogP contribution in [0.2, 0.25) is 5.15 Å². The first-order valence-corrected chi connectivity index (χ1v) is 19.1. The van der Waals surface area contributed by atoms with Gasteiger partial charge < -0.3 is 38.9 Å². The summed E-state index contributed by atoms with van der Waals surface area (Å²) >= 11 is 6.23. The van der Waals surface area contributed by atoms with Crippen molar-refractivity contribution in [2.24, 2.45) is 5.73 Å². The smallest absolute Gasteiger partial charge is 0.225 e. The van der Waals surface area contributed by atoms with E-state index in [0.717, 1.165) is 66.2 Å². The highest BCUT2D eigenvalue weighted by molar-refractivity contribution is 6.29. The van der Waals surface area contributed by atoms with Gasteiger partial charge in [-0.2, -0.15) is 0 Å². The molecular weight excluding hydrogens is 708 g/mol. The Morgan fingerprint density at radius 1 is 0.833 bits per heavy atom. The van der Waals surface area contributed by atoms with Gasteiger partial charge in [-0.25, -0.2) is 24.9 Å². The number of fused-ring (bicyclic) bond motifs is 2. The van der Waals surface area contributed by atoms with Crippen molar-refractivity contribution in [2.45, 2.75) is 77.6 Å². The van der Waals surface area contributed by atoms with E-state index in [1.165, 1.54) is 0 Å². The molecule has 1 aliphatic rings. The third-order valence-corrected chi connectivity index (χ3v) is 10.3. The van der Waals surface area contributed by atoms with Crippen LogP contribution in [0.25, 0.3) is 22.1 Å². The topological polar surface area (TPSA) is 151 Å². The van der Waals surface area contributed by atoms with Crippen molar-refractivity contribution in [1.82, 2.24) is 48.8 Å². The number of rotatable bonds is 17. The minimum absolute atomic E-state index is 0.124. The number of anilines is 1. The lowest BCUT2D eigenvalue weighted by Gasteiger charge is -2.38. The van der Waals surface area contributed by atoms with Gasteiger partial charge in [0.1, 0.15) is 41.0 Å². The second kappa shape index (κ2) is 17.3. The predicted molar refractivity (Wildman–Crippen MR) is 211 cm³/mol. The molecule has 0 spiro atoms. The van der Waals surface area contributed by atoms with E-state index in [2.05, 4.69) is 56.6 Å². The lowest BCUT2D eigenvalue weighted by atomic mass is 9.99. The normalized spacial score (nSPS) is 15.6. The van der Waals surface area contributed by atoms with Crippen molar-refractivity contribution in [3.05, 3.63) is 65.0 Å². The Bertz CT molecular complexity index is 2010. The zero-order valence-electron chi connectivity index (χ0n) is 32.9. The third-order valence-electron chi connectivity index (χ3n) is 10.1. The summed E-state index contributed by atoms with van der Waals surface area (Å²) in [5, 5.41) is 0.429. The van der Waals surface area contributed by atoms with Crippen LogP contribution in [0.1, 0.15) is 75.7 Å².